The minimum atomic E-state index is -4.26. The molecule has 1 aliphatic heterocycles. The molecule has 9 heavy (non-hydrogen) atoms. The molecule has 0 spiro atoms. The van der Waals surface area contributed by atoms with Crippen LogP contribution in [-0.4, -0.2) is 18.9 Å². The van der Waals surface area contributed by atoms with Crippen LogP contribution in [0.25, 0.3) is 0 Å². The molecule has 1 heterocycles. The highest BCUT2D eigenvalue weighted by Crippen LogP contribution is 2.35. The summed E-state index contributed by atoms with van der Waals surface area (Å²) in [5, 5.41) is 0. The third-order valence-corrected chi connectivity index (χ3v) is 1.51. The SMILES string of the molecule is FC(F)(F)C1COPO1. The fraction of sp³-hybridized carbons (Fsp3) is 1.00. The zero-order valence-electron chi connectivity index (χ0n) is 4.23. The molecule has 6 heteroatoms. The Morgan fingerprint density at radius 3 is 2.33 bits per heavy atom. The Labute approximate surface area is 51.3 Å². The number of halogens is 3. The maximum absolute atomic E-state index is 11.6. The lowest BCUT2D eigenvalue weighted by Crippen LogP contribution is -2.29. The second-order valence-electron chi connectivity index (χ2n) is 1.54. The first-order valence-corrected chi connectivity index (χ1v) is 3.01. The van der Waals surface area contributed by atoms with Gasteiger partial charge in [0.05, 0.1) is 6.61 Å². The van der Waals surface area contributed by atoms with Gasteiger partial charge < -0.3 is 9.05 Å². The summed E-state index contributed by atoms with van der Waals surface area (Å²) in [5.74, 6) is 0. The standard InChI is InChI=1S/C3H4F3O2P/c4-3(5,6)2-1-7-9-8-2/h2,9H,1H2. The van der Waals surface area contributed by atoms with E-state index >= 15 is 0 Å². The van der Waals surface area contributed by atoms with E-state index in [0.717, 1.165) is 0 Å². The zero-order valence-corrected chi connectivity index (χ0v) is 5.23. The van der Waals surface area contributed by atoms with E-state index in [1.165, 1.54) is 0 Å². The van der Waals surface area contributed by atoms with Gasteiger partial charge in [0.25, 0.3) is 0 Å². The molecule has 0 aromatic heterocycles. The van der Waals surface area contributed by atoms with E-state index in [4.69, 9.17) is 0 Å². The molecule has 0 amide bonds. The van der Waals surface area contributed by atoms with Gasteiger partial charge in [0, 0.05) is 0 Å². The summed E-state index contributed by atoms with van der Waals surface area (Å²) in [7, 11) is -0.457. The Hall–Kier alpha value is 0.140. The van der Waals surface area contributed by atoms with Crippen LogP contribution < -0.4 is 0 Å². The van der Waals surface area contributed by atoms with Gasteiger partial charge in [-0.25, -0.2) is 0 Å². The first kappa shape index (κ1) is 7.25. The van der Waals surface area contributed by atoms with Gasteiger partial charge in [0.15, 0.2) is 15.1 Å². The van der Waals surface area contributed by atoms with Crippen LogP contribution in [-0.2, 0) is 9.05 Å². The quantitative estimate of drug-likeness (QED) is 0.499. The molecule has 2 atom stereocenters. The molecule has 0 saturated carbocycles. The van der Waals surface area contributed by atoms with E-state index in [1.807, 2.05) is 0 Å². The third-order valence-electron chi connectivity index (χ3n) is 0.849. The van der Waals surface area contributed by atoms with Gasteiger partial charge in [0.1, 0.15) is 0 Å². The molecule has 2 nitrogen and oxygen atoms in total. The average Bonchev–Trinajstić information content (AvgIpc) is 2.08. The van der Waals surface area contributed by atoms with E-state index in [0.29, 0.717) is 0 Å². The summed E-state index contributed by atoms with van der Waals surface area (Å²) in [4.78, 5) is 0. The molecule has 0 N–H and O–H groups in total. The minimum absolute atomic E-state index is 0.359. The second-order valence-corrected chi connectivity index (χ2v) is 2.23. The summed E-state index contributed by atoms with van der Waals surface area (Å²) >= 11 is 0. The monoisotopic (exact) mass is 160 g/mol. The minimum Gasteiger partial charge on any atom is -0.333 e. The Balaban J connectivity index is 2.42. The highest BCUT2D eigenvalue weighted by molar-refractivity contribution is 7.26. The van der Waals surface area contributed by atoms with Crippen molar-refractivity contribution in [2.45, 2.75) is 12.3 Å². The first-order chi connectivity index (χ1) is 4.11. The van der Waals surface area contributed by atoms with E-state index in [9.17, 15) is 13.2 Å². The number of alkyl halides is 3. The highest BCUT2D eigenvalue weighted by Gasteiger charge is 2.43. The summed E-state index contributed by atoms with van der Waals surface area (Å²) in [6.07, 6.45) is -5.96. The molecule has 1 fully saturated rings. The summed E-state index contributed by atoms with van der Waals surface area (Å²) < 4.78 is 43.2. The van der Waals surface area contributed by atoms with Crippen molar-refractivity contribution in [3.05, 3.63) is 0 Å². The molecular formula is C3H4F3O2P. The van der Waals surface area contributed by atoms with Crippen LogP contribution in [0, 0.1) is 0 Å². The molecule has 0 radical (unpaired) electrons. The number of hydrogen-bond donors (Lipinski definition) is 0. The Bertz CT molecular complexity index is 97.7. The molecule has 1 saturated heterocycles. The smallest absolute Gasteiger partial charge is 0.333 e. The Morgan fingerprint density at radius 1 is 1.44 bits per heavy atom. The lowest BCUT2D eigenvalue weighted by atomic mass is 10.4. The predicted molar refractivity (Wildman–Crippen MR) is 25.2 cm³/mol. The largest absolute Gasteiger partial charge is 0.417 e. The topological polar surface area (TPSA) is 18.5 Å². The Morgan fingerprint density at radius 2 is 2.11 bits per heavy atom. The van der Waals surface area contributed by atoms with Gasteiger partial charge in [-0.05, 0) is 0 Å². The lowest BCUT2D eigenvalue weighted by Gasteiger charge is -2.09. The predicted octanol–water partition coefficient (Wildman–Crippen LogP) is 1.47. The van der Waals surface area contributed by atoms with Crippen LogP contribution in [0.2, 0.25) is 0 Å². The van der Waals surface area contributed by atoms with Crippen LogP contribution in [0.3, 0.4) is 0 Å². The van der Waals surface area contributed by atoms with E-state index in [1.54, 1.807) is 0 Å². The van der Waals surface area contributed by atoms with Crippen molar-refractivity contribution in [1.29, 1.82) is 0 Å². The fourth-order valence-electron chi connectivity index (χ4n) is 0.397. The van der Waals surface area contributed by atoms with Crippen molar-refractivity contribution in [2.75, 3.05) is 6.61 Å². The van der Waals surface area contributed by atoms with Crippen LogP contribution in [0.4, 0.5) is 13.2 Å². The summed E-state index contributed by atoms with van der Waals surface area (Å²) in [5.41, 5.74) is 0. The lowest BCUT2D eigenvalue weighted by molar-refractivity contribution is -0.189. The third kappa shape index (κ3) is 1.78. The van der Waals surface area contributed by atoms with E-state index in [2.05, 4.69) is 9.05 Å². The summed E-state index contributed by atoms with van der Waals surface area (Å²) in [6.45, 7) is -0.359. The van der Waals surface area contributed by atoms with E-state index in [-0.39, 0.29) is 6.61 Å². The second kappa shape index (κ2) is 2.40. The van der Waals surface area contributed by atoms with Crippen molar-refractivity contribution >= 4 is 9.03 Å². The van der Waals surface area contributed by atoms with E-state index < -0.39 is 21.3 Å². The van der Waals surface area contributed by atoms with Gasteiger partial charge in [-0.1, -0.05) is 0 Å². The maximum atomic E-state index is 11.6. The van der Waals surface area contributed by atoms with Gasteiger partial charge in [-0.15, -0.1) is 0 Å². The van der Waals surface area contributed by atoms with Crippen molar-refractivity contribution in [2.24, 2.45) is 0 Å². The molecule has 0 bridgehead atoms. The van der Waals surface area contributed by atoms with Crippen molar-refractivity contribution < 1.29 is 22.2 Å². The number of rotatable bonds is 0. The molecule has 0 aromatic rings. The average molecular weight is 160 g/mol. The number of hydrogen-bond acceptors (Lipinski definition) is 2. The first-order valence-electron chi connectivity index (χ1n) is 2.20. The molecular weight excluding hydrogens is 156 g/mol. The fourth-order valence-corrected chi connectivity index (χ4v) is 1.00. The maximum Gasteiger partial charge on any atom is 0.417 e. The van der Waals surface area contributed by atoms with Crippen molar-refractivity contribution in [3.8, 4) is 0 Å². The van der Waals surface area contributed by atoms with Crippen LogP contribution in [0.1, 0.15) is 0 Å². The van der Waals surface area contributed by atoms with Gasteiger partial charge in [0.2, 0.25) is 0 Å². The van der Waals surface area contributed by atoms with Gasteiger partial charge in [-0.3, -0.25) is 0 Å². The molecule has 0 aliphatic carbocycles. The van der Waals surface area contributed by atoms with Gasteiger partial charge >= 0.3 is 6.18 Å². The van der Waals surface area contributed by atoms with Crippen LogP contribution in [0.5, 0.6) is 0 Å². The molecule has 1 aliphatic rings. The normalized spacial score (nSPS) is 31.7. The van der Waals surface area contributed by atoms with Crippen LogP contribution in [0.15, 0.2) is 0 Å². The van der Waals surface area contributed by atoms with Crippen molar-refractivity contribution in [3.63, 3.8) is 0 Å². The van der Waals surface area contributed by atoms with Crippen molar-refractivity contribution in [1.82, 2.24) is 0 Å². The summed E-state index contributed by atoms with van der Waals surface area (Å²) in [6, 6.07) is 0. The van der Waals surface area contributed by atoms with Gasteiger partial charge in [-0.2, -0.15) is 13.2 Å². The molecule has 2 unspecified atom stereocenters. The molecule has 0 aromatic carbocycles. The molecule has 54 valence electrons. The zero-order chi connectivity index (χ0) is 6.91. The van der Waals surface area contributed by atoms with Crippen LogP contribution >= 0.6 is 9.03 Å². The Kier molecular flexibility index (Phi) is 1.94. The highest BCUT2D eigenvalue weighted by atomic mass is 31.1. The molecule has 1 rings (SSSR count).